The molecule has 1 atom stereocenters. The number of carbonyl (C=O) groups is 1. The fraction of sp³-hybridized carbons (Fsp3) is 0.400. The van der Waals surface area contributed by atoms with Crippen molar-refractivity contribution in [1.82, 2.24) is 14.3 Å². The third-order valence-electron chi connectivity index (χ3n) is 5.66. The summed E-state index contributed by atoms with van der Waals surface area (Å²) in [4.78, 5) is 25.8. The van der Waals surface area contributed by atoms with Crippen LogP contribution in [0, 0.1) is 5.92 Å². The number of fused-ring (bicyclic) bond motifs is 1. The van der Waals surface area contributed by atoms with E-state index in [0.29, 0.717) is 19.1 Å². The Morgan fingerprint density at radius 2 is 2.06 bits per heavy atom. The molecule has 1 saturated heterocycles. The van der Waals surface area contributed by atoms with E-state index in [9.17, 15) is 4.79 Å². The molecule has 0 spiro atoms. The van der Waals surface area contributed by atoms with Gasteiger partial charge in [-0.1, -0.05) is 48.9 Å². The number of carbonyl (C=O) groups excluding carboxylic acids is 1. The predicted molar refractivity (Wildman–Crippen MR) is 136 cm³/mol. The molecule has 0 radical (unpaired) electrons. The van der Waals surface area contributed by atoms with Crippen molar-refractivity contribution >= 4 is 45.3 Å². The van der Waals surface area contributed by atoms with Crippen LogP contribution in [0.4, 0.5) is 4.79 Å². The standard InChI is InChI=1S/C25H29ClN4O2S/c1-16(2)15-32-25(31)30-11-5-6-22(30)18(4)27-12-17(3)21-13-29-14-23(33-24(29)28-21)19-7-9-20(26)10-8-19/h7-10,12-14,16,22H,5-6,11,15H2,1-4H3/b17-12+,27-18?. The minimum absolute atomic E-state index is 0.0128. The lowest BCUT2D eigenvalue weighted by molar-refractivity contribution is 0.0948. The van der Waals surface area contributed by atoms with E-state index in [-0.39, 0.29) is 12.1 Å². The lowest BCUT2D eigenvalue weighted by Gasteiger charge is -2.24. The third-order valence-corrected chi connectivity index (χ3v) is 6.96. The van der Waals surface area contributed by atoms with Crippen molar-refractivity contribution in [3.8, 4) is 10.4 Å². The lowest BCUT2D eigenvalue weighted by atomic mass is 10.1. The summed E-state index contributed by atoms with van der Waals surface area (Å²) >= 11 is 7.63. The number of ether oxygens (including phenoxy) is 1. The molecule has 0 saturated carbocycles. The zero-order valence-electron chi connectivity index (χ0n) is 19.4. The van der Waals surface area contributed by atoms with Crippen LogP contribution in [0.15, 0.2) is 47.9 Å². The molecule has 6 nitrogen and oxygen atoms in total. The SMILES string of the molecule is CC(=N/C=C(\C)c1cn2cc(-c3ccc(Cl)cc3)sc2n1)C1CCCN1C(=O)OCC(C)C. The molecule has 3 heterocycles. The Labute approximate surface area is 203 Å². The van der Waals surface area contributed by atoms with Gasteiger partial charge in [-0.25, -0.2) is 9.78 Å². The average molecular weight is 485 g/mol. The van der Waals surface area contributed by atoms with Crippen LogP contribution < -0.4 is 0 Å². The van der Waals surface area contributed by atoms with Crippen molar-refractivity contribution in [1.29, 1.82) is 0 Å². The number of hydrogen-bond acceptors (Lipinski definition) is 5. The summed E-state index contributed by atoms with van der Waals surface area (Å²) in [6.07, 6.45) is 7.58. The van der Waals surface area contributed by atoms with Gasteiger partial charge in [0.25, 0.3) is 0 Å². The normalized spacial score (nSPS) is 17.4. The van der Waals surface area contributed by atoms with Gasteiger partial charge in [-0.2, -0.15) is 0 Å². The Kier molecular flexibility index (Phi) is 7.20. The zero-order valence-corrected chi connectivity index (χ0v) is 21.0. The summed E-state index contributed by atoms with van der Waals surface area (Å²) < 4.78 is 7.48. The summed E-state index contributed by atoms with van der Waals surface area (Å²) in [7, 11) is 0. The third kappa shape index (κ3) is 5.47. The Hall–Kier alpha value is -2.64. The largest absolute Gasteiger partial charge is 0.449 e. The highest BCUT2D eigenvalue weighted by Crippen LogP contribution is 2.30. The number of nitrogens with zero attached hydrogens (tertiary/aromatic N) is 4. The lowest BCUT2D eigenvalue weighted by Crippen LogP contribution is -2.40. The number of thiazole rings is 1. The maximum Gasteiger partial charge on any atom is 0.410 e. The molecule has 4 rings (SSSR count). The Balaban J connectivity index is 1.46. The van der Waals surface area contributed by atoms with Gasteiger partial charge in [-0.15, -0.1) is 0 Å². The van der Waals surface area contributed by atoms with Crippen LogP contribution in [0.25, 0.3) is 21.0 Å². The summed E-state index contributed by atoms with van der Waals surface area (Å²) in [5.41, 5.74) is 3.90. The number of allylic oxidation sites excluding steroid dienone is 1. The van der Waals surface area contributed by atoms with Crippen molar-refractivity contribution in [2.75, 3.05) is 13.2 Å². The van der Waals surface area contributed by atoms with E-state index < -0.39 is 0 Å². The first-order valence-electron chi connectivity index (χ1n) is 11.2. The van der Waals surface area contributed by atoms with Gasteiger partial charge in [0.1, 0.15) is 0 Å². The first kappa shape index (κ1) is 23.5. The number of likely N-dealkylation sites (tertiary alicyclic amines) is 1. The number of amides is 1. The van der Waals surface area contributed by atoms with Crippen LogP contribution >= 0.6 is 22.9 Å². The minimum atomic E-state index is -0.243. The minimum Gasteiger partial charge on any atom is -0.449 e. The van der Waals surface area contributed by atoms with E-state index in [1.54, 1.807) is 16.2 Å². The van der Waals surface area contributed by atoms with Gasteiger partial charge in [0, 0.05) is 35.9 Å². The van der Waals surface area contributed by atoms with Gasteiger partial charge in [0.2, 0.25) is 0 Å². The smallest absolute Gasteiger partial charge is 0.410 e. The Morgan fingerprint density at radius 3 is 2.76 bits per heavy atom. The van der Waals surface area contributed by atoms with E-state index in [0.717, 1.165) is 50.2 Å². The molecular weight excluding hydrogens is 456 g/mol. The van der Waals surface area contributed by atoms with E-state index in [2.05, 4.69) is 11.2 Å². The fourth-order valence-electron chi connectivity index (χ4n) is 3.82. The number of imidazole rings is 1. The number of halogens is 1. The Bertz CT molecular complexity index is 1160. The van der Waals surface area contributed by atoms with Gasteiger partial charge in [-0.3, -0.25) is 14.3 Å². The van der Waals surface area contributed by atoms with Gasteiger partial charge in [0.05, 0.1) is 23.2 Å². The highest BCUT2D eigenvalue weighted by molar-refractivity contribution is 7.20. The summed E-state index contributed by atoms with van der Waals surface area (Å²) in [5, 5.41) is 0.729. The molecule has 1 amide bonds. The van der Waals surface area contributed by atoms with Gasteiger partial charge in [0.15, 0.2) is 4.96 Å². The molecule has 8 heteroatoms. The van der Waals surface area contributed by atoms with Crippen LogP contribution in [0.2, 0.25) is 5.02 Å². The predicted octanol–water partition coefficient (Wildman–Crippen LogP) is 6.79. The molecule has 1 aromatic carbocycles. The molecule has 2 aromatic heterocycles. The summed E-state index contributed by atoms with van der Waals surface area (Å²) in [6, 6.07) is 7.81. The van der Waals surface area contributed by atoms with Crippen LogP contribution in [-0.4, -0.2) is 45.3 Å². The summed E-state index contributed by atoms with van der Waals surface area (Å²) in [5.74, 6) is 0.321. The molecule has 0 aliphatic carbocycles. The highest BCUT2D eigenvalue weighted by Gasteiger charge is 2.31. The van der Waals surface area contributed by atoms with Crippen LogP contribution in [-0.2, 0) is 4.74 Å². The van der Waals surface area contributed by atoms with Crippen LogP contribution in [0.5, 0.6) is 0 Å². The zero-order chi connectivity index (χ0) is 23.5. The molecule has 33 heavy (non-hydrogen) atoms. The van der Waals surface area contributed by atoms with Crippen LogP contribution in [0.1, 0.15) is 46.2 Å². The number of hydrogen-bond donors (Lipinski definition) is 0. The van der Waals surface area contributed by atoms with Crippen molar-refractivity contribution in [3.05, 3.63) is 53.6 Å². The van der Waals surface area contributed by atoms with Gasteiger partial charge < -0.3 is 4.74 Å². The molecule has 1 unspecified atom stereocenters. The highest BCUT2D eigenvalue weighted by atomic mass is 35.5. The molecule has 3 aromatic rings. The van der Waals surface area contributed by atoms with Crippen molar-refractivity contribution in [2.45, 2.75) is 46.6 Å². The van der Waals surface area contributed by atoms with E-state index in [4.69, 9.17) is 21.3 Å². The van der Waals surface area contributed by atoms with Crippen molar-refractivity contribution in [3.63, 3.8) is 0 Å². The van der Waals surface area contributed by atoms with E-state index >= 15 is 0 Å². The second-order valence-electron chi connectivity index (χ2n) is 8.82. The molecule has 0 N–H and O–H groups in total. The maximum absolute atomic E-state index is 12.5. The molecule has 1 aliphatic heterocycles. The first-order chi connectivity index (χ1) is 15.8. The van der Waals surface area contributed by atoms with E-state index in [1.165, 1.54) is 0 Å². The van der Waals surface area contributed by atoms with Crippen molar-refractivity contribution in [2.24, 2.45) is 10.9 Å². The maximum atomic E-state index is 12.5. The second kappa shape index (κ2) is 10.1. The quantitative estimate of drug-likeness (QED) is 0.361. The molecular formula is C25H29ClN4O2S. The topological polar surface area (TPSA) is 59.2 Å². The van der Waals surface area contributed by atoms with Gasteiger partial charge in [-0.05, 0) is 55.9 Å². The number of rotatable bonds is 6. The number of benzene rings is 1. The number of aromatic nitrogens is 2. The molecule has 0 bridgehead atoms. The summed E-state index contributed by atoms with van der Waals surface area (Å²) in [6.45, 7) is 9.21. The molecule has 1 fully saturated rings. The molecule has 174 valence electrons. The van der Waals surface area contributed by atoms with E-state index in [1.807, 2.05) is 68.8 Å². The molecule has 1 aliphatic rings. The van der Waals surface area contributed by atoms with Gasteiger partial charge >= 0.3 is 6.09 Å². The first-order valence-corrected chi connectivity index (χ1v) is 12.4. The van der Waals surface area contributed by atoms with Crippen molar-refractivity contribution < 1.29 is 9.53 Å². The second-order valence-corrected chi connectivity index (χ2v) is 10.3. The Morgan fingerprint density at radius 1 is 1.30 bits per heavy atom. The average Bonchev–Trinajstić information content (AvgIpc) is 3.51. The van der Waals surface area contributed by atoms with Crippen LogP contribution in [0.3, 0.4) is 0 Å². The monoisotopic (exact) mass is 484 g/mol. The fourth-order valence-corrected chi connectivity index (χ4v) is 4.92. The number of aliphatic imine (C=N–C) groups is 1.